The first-order valence-corrected chi connectivity index (χ1v) is 9.89. The number of carbonyl (C=O) groups is 1. The van der Waals surface area contributed by atoms with Gasteiger partial charge in [0.25, 0.3) is 0 Å². The largest absolute Gasteiger partial charge is 0.342 e. The Kier molecular flexibility index (Phi) is 5.66. The molecule has 0 aromatic heterocycles. The number of likely N-dealkylation sites (tertiary alicyclic amines) is 1. The van der Waals surface area contributed by atoms with E-state index in [2.05, 4.69) is 19.2 Å². The smallest absolute Gasteiger partial charge is 0.222 e. The molecule has 21 heavy (non-hydrogen) atoms. The molecule has 122 valence electrons. The number of sulfone groups is 1. The van der Waals surface area contributed by atoms with E-state index in [1.54, 1.807) is 0 Å². The second-order valence-corrected chi connectivity index (χ2v) is 9.11. The van der Waals surface area contributed by atoms with E-state index in [4.69, 9.17) is 0 Å². The van der Waals surface area contributed by atoms with E-state index < -0.39 is 9.84 Å². The zero-order chi connectivity index (χ0) is 15.5. The Hall–Kier alpha value is -0.620. The fraction of sp³-hybridized carbons (Fsp3) is 0.933. The zero-order valence-electron chi connectivity index (χ0n) is 13.2. The van der Waals surface area contributed by atoms with Crippen molar-refractivity contribution in [2.45, 2.75) is 45.6 Å². The molecule has 2 fully saturated rings. The Bertz CT molecular complexity index is 462. The van der Waals surface area contributed by atoms with Crippen LogP contribution in [0.15, 0.2) is 0 Å². The van der Waals surface area contributed by atoms with Gasteiger partial charge >= 0.3 is 0 Å². The molecule has 0 aromatic carbocycles. The van der Waals surface area contributed by atoms with E-state index in [1.165, 1.54) is 6.42 Å². The van der Waals surface area contributed by atoms with Gasteiger partial charge in [-0.2, -0.15) is 0 Å². The zero-order valence-corrected chi connectivity index (χ0v) is 14.0. The fourth-order valence-electron chi connectivity index (χ4n) is 3.27. The van der Waals surface area contributed by atoms with E-state index in [0.717, 1.165) is 26.1 Å². The third kappa shape index (κ3) is 5.25. The van der Waals surface area contributed by atoms with E-state index in [1.807, 2.05) is 4.90 Å². The highest BCUT2D eigenvalue weighted by molar-refractivity contribution is 7.91. The summed E-state index contributed by atoms with van der Waals surface area (Å²) in [4.78, 5) is 14.3. The van der Waals surface area contributed by atoms with Crippen molar-refractivity contribution in [3.8, 4) is 0 Å². The predicted octanol–water partition coefficient (Wildman–Crippen LogP) is 1.05. The van der Waals surface area contributed by atoms with Crippen LogP contribution >= 0.6 is 0 Å². The highest BCUT2D eigenvalue weighted by Gasteiger charge is 2.31. The summed E-state index contributed by atoms with van der Waals surface area (Å²) in [6.07, 6.45) is 3.28. The van der Waals surface area contributed by atoms with E-state index in [9.17, 15) is 13.2 Å². The summed E-state index contributed by atoms with van der Waals surface area (Å²) in [6.45, 7) is 6.87. The molecule has 0 aliphatic carbocycles. The molecule has 0 spiro atoms. The lowest BCUT2D eigenvalue weighted by atomic mass is 9.96. The lowest BCUT2D eigenvalue weighted by Gasteiger charge is -2.34. The van der Waals surface area contributed by atoms with Crippen molar-refractivity contribution in [3.63, 3.8) is 0 Å². The Labute approximate surface area is 128 Å². The lowest BCUT2D eigenvalue weighted by molar-refractivity contribution is -0.133. The molecular formula is C15H28N2O3S. The van der Waals surface area contributed by atoms with Gasteiger partial charge in [0, 0.05) is 25.6 Å². The molecule has 2 unspecified atom stereocenters. The number of hydrogen-bond donors (Lipinski definition) is 1. The molecule has 2 aliphatic rings. The molecule has 1 N–H and O–H groups in total. The minimum absolute atomic E-state index is 0.0386. The highest BCUT2D eigenvalue weighted by Crippen LogP contribution is 2.24. The van der Waals surface area contributed by atoms with Gasteiger partial charge in [-0.05, 0) is 37.6 Å². The molecule has 0 bridgehead atoms. The van der Waals surface area contributed by atoms with Crippen LogP contribution in [-0.4, -0.2) is 56.4 Å². The summed E-state index contributed by atoms with van der Waals surface area (Å²) in [6, 6.07) is 0.472. The number of carbonyl (C=O) groups excluding carboxylic acids is 1. The summed E-state index contributed by atoms with van der Waals surface area (Å²) in [5.41, 5.74) is 0. The van der Waals surface area contributed by atoms with Crippen LogP contribution in [0.4, 0.5) is 0 Å². The summed E-state index contributed by atoms with van der Waals surface area (Å²) in [5.74, 6) is 1.16. The van der Waals surface area contributed by atoms with Gasteiger partial charge in [-0.25, -0.2) is 8.42 Å². The van der Waals surface area contributed by atoms with Gasteiger partial charge in [0.15, 0.2) is 9.84 Å². The minimum atomic E-state index is -2.88. The number of rotatable bonds is 5. The molecule has 6 heteroatoms. The summed E-state index contributed by atoms with van der Waals surface area (Å²) in [7, 11) is -2.88. The first-order chi connectivity index (χ1) is 9.85. The quantitative estimate of drug-likeness (QED) is 0.823. The number of nitrogens with one attached hydrogen (secondary N) is 1. The van der Waals surface area contributed by atoms with E-state index >= 15 is 0 Å². The third-order valence-corrected chi connectivity index (χ3v) is 6.31. The number of hydrogen-bond acceptors (Lipinski definition) is 4. The Balaban J connectivity index is 1.79. The van der Waals surface area contributed by atoms with Gasteiger partial charge in [0.05, 0.1) is 11.5 Å². The molecule has 2 saturated heterocycles. The lowest BCUT2D eigenvalue weighted by Crippen LogP contribution is -2.44. The van der Waals surface area contributed by atoms with Crippen molar-refractivity contribution in [3.05, 3.63) is 0 Å². The predicted molar refractivity (Wildman–Crippen MR) is 83.8 cm³/mol. The van der Waals surface area contributed by atoms with Crippen molar-refractivity contribution in [2.24, 2.45) is 11.8 Å². The van der Waals surface area contributed by atoms with Crippen molar-refractivity contribution in [2.75, 3.05) is 31.1 Å². The van der Waals surface area contributed by atoms with E-state index in [-0.39, 0.29) is 23.3 Å². The average molecular weight is 316 g/mol. The molecule has 1 amide bonds. The molecule has 0 radical (unpaired) electrons. The Morgan fingerprint density at radius 1 is 1.29 bits per heavy atom. The van der Waals surface area contributed by atoms with Gasteiger partial charge in [-0.15, -0.1) is 0 Å². The van der Waals surface area contributed by atoms with Crippen LogP contribution in [-0.2, 0) is 14.6 Å². The van der Waals surface area contributed by atoms with Crippen LogP contribution in [0.2, 0.25) is 0 Å². The highest BCUT2D eigenvalue weighted by atomic mass is 32.2. The Morgan fingerprint density at radius 3 is 2.67 bits per heavy atom. The van der Waals surface area contributed by atoms with Crippen molar-refractivity contribution >= 4 is 15.7 Å². The van der Waals surface area contributed by atoms with Crippen molar-refractivity contribution in [1.29, 1.82) is 0 Å². The van der Waals surface area contributed by atoms with Crippen LogP contribution in [0.5, 0.6) is 0 Å². The van der Waals surface area contributed by atoms with Gasteiger partial charge in [-0.3, -0.25) is 4.79 Å². The van der Waals surface area contributed by atoms with Gasteiger partial charge in [-0.1, -0.05) is 13.8 Å². The Morgan fingerprint density at radius 2 is 2.05 bits per heavy atom. The van der Waals surface area contributed by atoms with Crippen LogP contribution in [0.25, 0.3) is 0 Å². The molecule has 5 nitrogen and oxygen atoms in total. The van der Waals surface area contributed by atoms with Crippen molar-refractivity contribution in [1.82, 2.24) is 10.2 Å². The van der Waals surface area contributed by atoms with Crippen LogP contribution in [0.3, 0.4) is 0 Å². The number of nitrogens with zero attached hydrogens (tertiary/aromatic N) is 1. The maximum Gasteiger partial charge on any atom is 0.222 e. The van der Waals surface area contributed by atoms with E-state index in [0.29, 0.717) is 24.8 Å². The topological polar surface area (TPSA) is 66.5 Å². The molecule has 0 aromatic rings. The normalized spacial score (nSPS) is 29.0. The van der Waals surface area contributed by atoms with Gasteiger partial charge in [0.2, 0.25) is 5.91 Å². The molecular weight excluding hydrogens is 288 g/mol. The minimum Gasteiger partial charge on any atom is -0.342 e. The molecule has 2 heterocycles. The number of piperidine rings is 1. The summed E-state index contributed by atoms with van der Waals surface area (Å²) < 4.78 is 22.9. The molecule has 2 atom stereocenters. The fourth-order valence-corrected chi connectivity index (χ4v) is 5.13. The second-order valence-electron chi connectivity index (χ2n) is 6.88. The molecule has 2 aliphatic heterocycles. The summed E-state index contributed by atoms with van der Waals surface area (Å²) >= 11 is 0. The second kappa shape index (κ2) is 7.09. The maximum absolute atomic E-state index is 12.4. The monoisotopic (exact) mass is 316 g/mol. The maximum atomic E-state index is 12.4. The first kappa shape index (κ1) is 16.7. The van der Waals surface area contributed by atoms with Crippen molar-refractivity contribution < 1.29 is 13.2 Å². The number of amides is 1. The SMILES string of the molecule is CC(C)NCC1CCCN(C(=O)CC2CCS(=O)(=O)C2)C1. The summed E-state index contributed by atoms with van der Waals surface area (Å²) in [5, 5.41) is 3.44. The molecule has 2 rings (SSSR count). The standard InChI is InChI=1S/C15H28N2O3S/c1-12(2)16-9-14-4-3-6-17(10-14)15(18)8-13-5-7-21(19,20)11-13/h12-14,16H,3-11H2,1-2H3. The molecule has 0 saturated carbocycles. The van der Waals surface area contributed by atoms with Gasteiger partial charge < -0.3 is 10.2 Å². The van der Waals surface area contributed by atoms with Crippen LogP contribution in [0.1, 0.15) is 39.5 Å². The van der Waals surface area contributed by atoms with Gasteiger partial charge in [0.1, 0.15) is 0 Å². The van der Waals surface area contributed by atoms with Crippen LogP contribution in [0, 0.1) is 11.8 Å². The third-order valence-electron chi connectivity index (χ3n) is 4.48. The van der Waals surface area contributed by atoms with Crippen LogP contribution < -0.4 is 5.32 Å². The first-order valence-electron chi connectivity index (χ1n) is 8.07. The average Bonchev–Trinajstić information content (AvgIpc) is 2.76.